The fourth-order valence-electron chi connectivity index (χ4n) is 2.43. The van der Waals surface area contributed by atoms with Crippen LogP contribution >= 0.6 is 0 Å². The first-order valence-electron chi connectivity index (χ1n) is 8.44. The molecule has 1 aromatic heterocycles. The minimum absolute atomic E-state index is 0.0000778. The average Bonchev–Trinajstić information content (AvgIpc) is 2.72. The zero-order valence-corrected chi connectivity index (χ0v) is 14.7. The van der Waals surface area contributed by atoms with E-state index in [-0.39, 0.29) is 11.3 Å². The Balaban J connectivity index is 1.71. The lowest BCUT2D eigenvalue weighted by Gasteiger charge is -2.09. The fraction of sp³-hybridized carbons (Fsp3) is 0.100. The summed E-state index contributed by atoms with van der Waals surface area (Å²) in [5.41, 5.74) is 6.37. The predicted octanol–water partition coefficient (Wildman–Crippen LogP) is 1.87. The standard InChI is InChI=1S/C20H18N4O3/c1-2-14-8-10-15(11-9-14)19(26)21-22-20(27)17-12-13-18(25)24(23-17)16-6-4-3-5-7-16/h3-13H,2H2,1H3,(H,21,26)(H,22,27). The molecule has 136 valence electrons. The Bertz CT molecular complexity index is 1010. The smallest absolute Gasteiger partial charge is 0.267 e. The van der Waals surface area contributed by atoms with Crippen LogP contribution in [0.2, 0.25) is 0 Å². The van der Waals surface area contributed by atoms with Crippen molar-refractivity contribution in [1.82, 2.24) is 20.6 Å². The highest BCUT2D eigenvalue weighted by atomic mass is 16.2. The third-order valence-corrected chi connectivity index (χ3v) is 3.95. The Morgan fingerprint density at radius 1 is 0.889 bits per heavy atom. The first-order valence-corrected chi connectivity index (χ1v) is 8.44. The molecule has 3 aromatic rings. The normalized spacial score (nSPS) is 10.3. The van der Waals surface area contributed by atoms with Crippen LogP contribution in [0.3, 0.4) is 0 Å². The van der Waals surface area contributed by atoms with E-state index >= 15 is 0 Å². The molecule has 0 aliphatic heterocycles. The molecule has 2 aromatic carbocycles. The van der Waals surface area contributed by atoms with E-state index in [4.69, 9.17) is 0 Å². The molecule has 0 bridgehead atoms. The highest BCUT2D eigenvalue weighted by Gasteiger charge is 2.12. The maximum absolute atomic E-state index is 12.3. The van der Waals surface area contributed by atoms with Crippen molar-refractivity contribution in [1.29, 1.82) is 0 Å². The molecule has 7 heteroatoms. The van der Waals surface area contributed by atoms with Gasteiger partial charge in [-0.15, -0.1) is 0 Å². The molecule has 0 saturated carbocycles. The van der Waals surface area contributed by atoms with E-state index in [1.165, 1.54) is 12.1 Å². The summed E-state index contributed by atoms with van der Waals surface area (Å²) < 4.78 is 1.13. The number of nitrogens with one attached hydrogen (secondary N) is 2. The Labute approximate surface area is 155 Å². The van der Waals surface area contributed by atoms with Gasteiger partial charge in [-0.2, -0.15) is 9.78 Å². The molecule has 0 aliphatic carbocycles. The lowest BCUT2D eigenvalue weighted by atomic mass is 10.1. The molecule has 0 atom stereocenters. The van der Waals surface area contributed by atoms with E-state index in [9.17, 15) is 14.4 Å². The van der Waals surface area contributed by atoms with Gasteiger partial charge in [-0.05, 0) is 42.3 Å². The zero-order chi connectivity index (χ0) is 19.2. The van der Waals surface area contributed by atoms with Crippen LogP contribution in [0.25, 0.3) is 5.69 Å². The fourth-order valence-corrected chi connectivity index (χ4v) is 2.43. The van der Waals surface area contributed by atoms with Gasteiger partial charge in [-0.25, -0.2) is 0 Å². The van der Waals surface area contributed by atoms with Crippen molar-refractivity contribution in [2.45, 2.75) is 13.3 Å². The van der Waals surface area contributed by atoms with Crippen LogP contribution in [-0.2, 0) is 6.42 Å². The second-order valence-corrected chi connectivity index (χ2v) is 5.76. The molecule has 1 heterocycles. The summed E-state index contributed by atoms with van der Waals surface area (Å²) in [4.78, 5) is 36.4. The number of benzene rings is 2. The molecule has 0 fully saturated rings. The second kappa shape index (κ2) is 8.09. The maximum Gasteiger partial charge on any atom is 0.290 e. The number of aryl methyl sites for hydroxylation is 1. The van der Waals surface area contributed by atoms with Crippen molar-refractivity contribution in [3.05, 3.63) is 93.9 Å². The molecular weight excluding hydrogens is 344 g/mol. The molecule has 7 nitrogen and oxygen atoms in total. The molecule has 0 saturated heterocycles. The van der Waals surface area contributed by atoms with E-state index in [1.807, 2.05) is 25.1 Å². The number of para-hydroxylation sites is 1. The molecule has 3 rings (SSSR count). The number of amides is 2. The van der Waals surface area contributed by atoms with Gasteiger partial charge in [0.25, 0.3) is 17.4 Å². The van der Waals surface area contributed by atoms with Crippen LogP contribution in [-0.4, -0.2) is 21.6 Å². The van der Waals surface area contributed by atoms with Crippen molar-refractivity contribution >= 4 is 11.8 Å². The summed E-state index contributed by atoms with van der Waals surface area (Å²) in [5.74, 6) is -1.07. The van der Waals surface area contributed by atoms with Gasteiger partial charge in [-0.1, -0.05) is 37.3 Å². The van der Waals surface area contributed by atoms with Crippen LogP contribution in [0.15, 0.2) is 71.5 Å². The van der Waals surface area contributed by atoms with E-state index in [0.717, 1.165) is 16.7 Å². The topological polar surface area (TPSA) is 93.1 Å². The third-order valence-electron chi connectivity index (χ3n) is 3.95. The van der Waals surface area contributed by atoms with Gasteiger partial charge >= 0.3 is 0 Å². The van der Waals surface area contributed by atoms with Crippen LogP contribution in [0, 0.1) is 0 Å². The van der Waals surface area contributed by atoms with Crippen molar-refractivity contribution < 1.29 is 9.59 Å². The predicted molar refractivity (Wildman–Crippen MR) is 101 cm³/mol. The summed E-state index contributed by atoms with van der Waals surface area (Å²) in [6.07, 6.45) is 0.876. The number of hydrogen-bond acceptors (Lipinski definition) is 4. The van der Waals surface area contributed by atoms with Crippen molar-refractivity contribution in [3.63, 3.8) is 0 Å². The number of hydrogen-bond donors (Lipinski definition) is 2. The molecule has 2 amide bonds. The van der Waals surface area contributed by atoms with Crippen LogP contribution in [0.5, 0.6) is 0 Å². The first-order chi connectivity index (χ1) is 13.1. The highest BCUT2D eigenvalue weighted by molar-refractivity contribution is 5.98. The van der Waals surface area contributed by atoms with Crippen molar-refractivity contribution in [2.75, 3.05) is 0 Å². The van der Waals surface area contributed by atoms with Gasteiger partial charge in [-0.3, -0.25) is 25.2 Å². The monoisotopic (exact) mass is 362 g/mol. The number of hydrazine groups is 1. The summed E-state index contributed by atoms with van der Waals surface area (Å²) in [6, 6.07) is 18.4. The van der Waals surface area contributed by atoms with Crippen molar-refractivity contribution in [3.8, 4) is 5.69 Å². The lowest BCUT2D eigenvalue weighted by Crippen LogP contribution is -2.42. The van der Waals surface area contributed by atoms with E-state index in [2.05, 4.69) is 16.0 Å². The van der Waals surface area contributed by atoms with Gasteiger partial charge in [0.15, 0.2) is 5.69 Å². The van der Waals surface area contributed by atoms with Gasteiger partial charge in [0.2, 0.25) is 0 Å². The van der Waals surface area contributed by atoms with Crippen LogP contribution < -0.4 is 16.4 Å². The summed E-state index contributed by atoms with van der Waals surface area (Å²) >= 11 is 0. The molecule has 2 N–H and O–H groups in total. The number of rotatable bonds is 4. The third kappa shape index (κ3) is 4.27. The Morgan fingerprint density at radius 3 is 2.22 bits per heavy atom. The number of nitrogens with zero attached hydrogens (tertiary/aromatic N) is 2. The minimum Gasteiger partial charge on any atom is -0.267 e. The quantitative estimate of drug-likeness (QED) is 0.693. The second-order valence-electron chi connectivity index (χ2n) is 5.76. The van der Waals surface area contributed by atoms with E-state index in [1.54, 1.807) is 36.4 Å². The summed E-state index contributed by atoms with van der Waals surface area (Å²) in [7, 11) is 0. The van der Waals surface area contributed by atoms with Gasteiger partial charge < -0.3 is 0 Å². The number of carbonyl (C=O) groups excluding carboxylic acids is 2. The highest BCUT2D eigenvalue weighted by Crippen LogP contribution is 2.05. The van der Waals surface area contributed by atoms with Crippen LogP contribution in [0.4, 0.5) is 0 Å². The van der Waals surface area contributed by atoms with E-state index in [0.29, 0.717) is 11.3 Å². The van der Waals surface area contributed by atoms with Crippen molar-refractivity contribution in [2.24, 2.45) is 0 Å². The molecule has 0 spiro atoms. The molecular formula is C20H18N4O3. The van der Waals surface area contributed by atoms with Gasteiger partial charge in [0, 0.05) is 11.6 Å². The lowest BCUT2D eigenvalue weighted by molar-refractivity contribution is 0.0843. The SMILES string of the molecule is CCc1ccc(C(=O)NNC(=O)c2ccc(=O)n(-c3ccccc3)n2)cc1. The molecule has 0 radical (unpaired) electrons. The van der Waals surface area contributed by atoms with Gasteiger partial charge in [0.05, 0.1) is 5.69 Å². The Kier molecular flexibility index (Phi) is 5.41. The van der Waals surface area contributed by atoms with E-state index < -0.39 is 11.8 Å². The first kappa shape index (κ1) is 18.1. The molecule has 0 unspecified atom stereocenters. The molecule has 27 heavy (non-hydrogen) atoms. The number of aromatic nitrogens is 2. The Hall–Kier alpha value is -3.74. The Morgan fingerprint density at radius 2 is 1.56 bits per heavy atom. The average molecular weight is 362 g/mol. The largest absolute Gasteiger partial charge is 0.290 e. The summed E-state index contributed by atoms with van der Waals surface area (Å²) in [5, 5.41) is 4.06. The number of carbonyl (C=O) groups is 2. The maximum atomic E-state index is 12.3. The summed E-state index contributed by atoms with van der Waals surface area (Å²) in [6.45, 7) is 2.02. The zero-order valence-electron chi connectivity index (χ0n) is 14.7. The van der Waals surface area contributed by atoms with Crippen LogP contribution in [0.1, 0.15) is 33.3 Å². The molecule has 0 aliphatic rings. The minimum atomic E-state index is -0.627. The van der Waals surface area contributed by atoms with Gasteiger partial charge in [0.1, 0.15) is 0 Å².